The van der Waals surface area contributed by atoms with E-state index in [9.17, 15) is 4.79 Å². The maximum atomic E-state index is 12.1. The van der Waals surface area contributed by atoms with E-state index in [1.807, 2.05) is 25.1 Å². The minimum atomic E-state index is 0.0493. The molecule has 1 aliphatic heterocycles. The number of benzene rings is 1. The second-order valence-corrected chi connectivity index (χ2v) is 5.88. The number of carbonyl (C=O) groups is 1. The molecule has 4 nitrogen and oxygen atoms in total. The fourth-order valence-corrected chi connectivity index (χ4v) is 2.66. The Morgan fingerprint density at radius 3 is 3.00 bits per heavy atom. The van der Waals surface area contributed by atoms with Gasteiger partial charge >= 0.3 is 0 Å². The molecule has 3 N–H and O–H groups in total. The van der Waals surface area contributed by atoms with Crippen molar-refractivity contribution in [3.63, 3.8) is 0 Å². The molecule has 20 heavy (non-hydrogen) atoms. The van der Waals surface area contributed by atoms with E-state index in [-0.39, 0.29) is 5.91 Å². The number of rotatable bonds is 3. The molecule has 0 radical (unpaired) electrons. The normalized spacial score (nSPS) is 20.4. The zero-order valence-corrected chi connectivity index (χ0v) is 12.5. The van der Waals surface area contributed by atoms with Crippen LogP contribution in [0.5, 0.6) is 0 Å². The van der Waals surface area contributed by atoms with Gasteiger partial charge < -0.3 is 11.1 Å². The summed E-state index contributed by atoms with van der Waals surface area (Å²) in [6.45, 7) is 6.73. The van der Waals surface area contributed by atoms with Gasteiger partial charge in [0.25, 0.3) is 0 Å². The van der Waals surface area contributed by atoms with Crippen molar-refractivity contribution in [2.24, 2.45) is 5.92 Å². The lowest BCUT2D eigenvalue weighted by atomic mass is 10.0. The molecule has 1 amide bonds. The van der Waals surface area contributed by atoms with Crippen molar-refractivity contribution in [3.8, 4) is 0 Å². The minimum Gasteiger partial charge on any atom is -0.398 e. The van der Waals surface area contributed by atoms with Crippen LogP contribution in [0.1, 0.15) is 31.7 Å². The van der Waals surface area contributed by atoms with Crippen LogP contribution < -0.4 is 11.1 Å². The van der Waals surface area contributed by atoms with Crippen LogP contribution in [0.25, 0.3) is 0 Å². The smallest absolute Gasteiger partial charge is 0.238 e. The molecular weight excluding hydrogens is 250 g/mol. The zero-order valence-electron chi connectivity index (χ0n) is 12.5. The summed E-state index contributed by atoms with van der Waals surface area (Å²) >= 11 is 0. The minimum absolute atomic E-state index is 0.0493. The number of hydrogen-bond donors (Lipinski definition) is 2. The van der Waals surface area contributed by atoms with Gasteiger partial charge in [0.15, 0.2) is 0 Å². The van der Waals surface area contributed by atoms with Crippen LogP contribution in [-0.2, 0) is 4.79 Å². The van der Waals surface area contributed by atoms with Crippen molar-refractivity contribution < 1.29 is 4.79 Å². The van der Waals surface area contributed by atoms with Crippen LogP contribution in [0.2, 0.25) is 0 Å². The number of nitrogens with two attached hydrogens (primary N) is 1. The Hall–Kier alpha value is -1.55. The molecular formula is C16H25N3O. The van der Waals surface area contributed by atoms with Crippen molar-refractivity contribution in [1.29, 1.82) is 0 Å². The summed E-state index contributed by atoms with van der Waals surface area (Å²) in [7, 11) is 0. The lowest BCUT2D eigenvalue weighted by Gasteiger charge is -2.19. The molecule has 1 unspecified atom stereocenters. The molecule has 1 atom stereocenters. The van der Waals surface area contributed by atoms with E-state index >= 15 is 0 Å². The van der Waals surface area contributed by atoms with Gasteiger partial charge in [-0.2, -0.15) is 0 Å². The Balaban J connectivity index is 1.90. The Kier molecular flexibility index (Phi) is 5.01. The molecule has 0 bridgehead atoms. The molecule has 4 heteroatoms. The third kappa shape index (κ3) is 3.97. The van der Waals surface area contributed by atoms with Crippen molar-refractivity contribution in [1.82, 2.24) is 4.90 Å². The number of nitrogens with one attached hydrogen (secondary N) is 1. The molecule has 1 saturated heterocycles. The number of nitrogen functional groups attached to an aromatic ring is 1. The summed E-state index contributed by atoms with van der Waals surface area (Å²) in [6.07, 6.45) is 3.64. The van der Waals surface area contributed by atoms with E-state index < -0.39 is 0 Å². The van der Waals surface area contributed by atoms with Crippen molar-refractivity contribution in [2.45, 2.75) is 33.1 Å². The first-order chi connectivity index (χ1) is 9.56. The highest BCUT2D eigenvalue weighted by molar-refractivity contribution is 5.93. The van der Waals surface area contributed by atoms with Crippen LogP contribution in [-0.4, -0.2) is 30.4 Å². The Labute approximate surface area is 121 Å². The van der Waals surface area contributed by atoms with E-state index in [0.717, 1.165) is 30.3 Å². The Morgan fingerprint density at radius 2 is 2.20 bits per heavy atom. The second kappa shape index (κ2) is 6.75. The largest absolute Gasteiger partial charge is 0.398 e. The van der Waals surface area contributed by atoms with E-state index in [0.29, 0.717) is 12.2 Å². The van der Waals surface area contributed by atoms with Crippen LogP contribution in [0, 0.1) is 12.8 Å². The molecule has 1 aromatic rings. The highest BCUT2D eigenvalue weighted by Crippen LogP contribution is 2.21. The fourth-order valence-electron chi connectivity index (χ4n) is 2.66. The first-order valence-corrected chi connectivity index (χ1v) is 7.43. The highest BCUT2D eigenvalue weighted by atomic mass is 16.2. The van der Waals surface area contributed by atoms with Gasteiger partial charge in [-0.1, -0.05) is 13.0 Å². The maximum Gasteiger partial charge on any atom is 0.238 e. The average molecular weight is 275 g/mol. The van der Waals surface area contributed by atoms with E-state index in [4.69, 9.17) is 5.73 Å². The number of carbonyl (C=O) groups excluding carboxylic acids is 1. The first kappa shape index (κ1) is 14.9. The quantitative estimate of drug-likeness (QED) is 0.834. The van der Waals surface area contributed by atoms with Gasteiger partial charge in [-0.05, 0) is 62.9 Å². The molecule has 110 valence electrons. The van der Waals surface area contributed by atoms with Crippen LogP contribution in [0.4, 0.5) is 11.4 Å². The summed E-state index contributed by atoms with van der Waals surface area (Å²) < 4.78 is 0. The molecule has 0 saturated carbocycles. The molecule has 0 aliphatic carbocycles. The van der Waals surface area contributed by atoms with E-state index in [2.05, 4.69) is 17.1 Å². The van der Waals surface area contributed by atoms with Crippen molar-refractivity contribution in [2.75, 3.05) is 30.7 Å². The maximum absolute atomic E-state index is 12.1. The van der Waals surface area contributed by atoms with Gasteiger partial charge in [0, 0.05) is 11.4 Å². The Morgan fingerprint density at radius 1 is 1.40 bits per heavy atom. The van der Waals surface area contributed by atoms with Gasteiger partial charge in [-0.25, -0.2) is 0 Å². The number of likely N-dealkylation sites (tertiary alicyclic amines) is 1. The molecule has 1 aliphatic rings. The average Bonchev–Trinajstić information content (AvgIpc) is 2.60. The van der Waals surface area contributed by atoms with Gasteiger partial charge in [0.05, 0.1) is 6.54 Å². The summed E-state index contributed by atoms with van der Waals surface area (Å²) in [5.74, 6) is 0.826. The van der Waals surface area contributed by atoms with E-state index in [1.165, 1.54) is 19.3 Å². The number of amides is 1. The van der Waals surface area contributed by atoms with Gasteiger partial charge in [0.2, 0.25) is 5.91 Å². The predicted octanol–water partition coefficient (Wildman–Crippen LogP) is 2.64. The lowest BCUT2D eigenvalue weighted by molar-refractivity contribution is -0.117. The molecule has 0 spiro atoms. The van der Waals surface area contributed by atoms with E-state index in [1.54, 1.807) is 0 Å². The standard InChI is InChI=1S/C16H25N3O/c1-12-5-4-9-19(10-8-12)11-16(20)18-15-7-3-6-14(17)13(15)2/h3,6-7,12H,4-5,8-11,17H2,1-2H3,(H,18,20). The zero-order chi connectivity index (χ0) is 14.5. The SMILES string of the molecule is Cc1c(N)cccc1NC(=O)CN1CCCC(C)CC1. The fraction of sp³-hybridized carbons (Fsp3) is 0.562. The summed E-state index contributed by atoms with van der Waals surface area (Å²) in [5, 5.41) is 2.97. The number of nitrogens with zero attached hydrogens (tertiary/aromatic N) is 1. The number of anilines is 2. The topological polar surface area (TPSA) is 58.4 Å². The van der Waals surface area contributed by atoms with Crippen LogP contribution >= 0.6 is 0 Å². The third-order valence-corrected chi connectivity index (χ3v) is 4.13. The third-order valence-electron chi connectivity index (χ3n) is 4.13. The second-order valence-electron chi connectivity index (χ2n) is 5.88. The molecule has 2 rings (SSSR count). The first-order valence-electron chi connectivity index (χ1n) is 7.43. The van der Waals surface area contributed by atoms with Gasteiger partial charge in [-0.3, -0.25) is 9.69 Å². The molecule has 1 aromatic carbocycles. The highest BCUT2D eigenvalue weighted by Gasteiger charge is 2.16. The van der Waals surface area contributed by atoms with Crippen molar-refractivity contribution >= 4 is 17.3 Å². The number of hydrogen-bond acceptors (Lipinski definition) is 3. The van der Waals surface area contributed by atoms with Crippen LogP contribution in [0.15, 0.2) is 18.2 Å². The van der Waals surface area contributed by atoms with Crippen LogP contribution in [0.3, 0.4) is 0 Å². The predicted molar refractivity (Wildman–Crippen MR) is 83.7 cm³/mol. The summed E-state index contributed by atoms with van der Waals surface area (Å²) in [5.41, 5.74) is 8.32. The van der Waals surface area contributed by atoms with Gasteiger partial charge in [0.1, 0.15) is 0 Å². The summed E-state index contributed by atoms with van der Waals surface area (Å²) in [4.78, 5) is 14.4. The Bertz CT molecular complexity index is 473. The van der Waals surface area contributed by atoms with Crippen molar-refractivity contribution in [3.05, 3.63) is 23.8 Å². The molecule has 0 aromatic heterocycles. The molecule has 1 fully saturated rings. The molecule has 1 heterocycles. The lowest BCUT2D eigenvalue weighted by Crippen LogP contribution is -2.34. The monoisotopic (exact) mass is 275 g/mol. The van der Waals surface area contributed by atoms with Gasteiger partial charge in [-0.15, -0.1) is 0 Å². The summed E-state index contributed by atoms with van der Waals surface area (Å²) in [6, 6.07) is 5.61.